The summed E-state index contributed by atoms with van der Waals surface area (Å²) in [5.74, 6) is 1.63. The van der Waals surface area contributed by atoms with Gasteiger partial charge in [0, 0.05) is 54.5 Å². The Hall–Kier alpha value is -3.35. The summed E-state index contributed by atoms with van der Waals surface area (Å²) >= 11 is 0. The zero-order chi connectivity index (χ0) is 19.6. The number of fused-ring (bicyclic) bond motifs is 1. The number of aromatic nitrogens is 4. The molecular weight excluding hydrogens is 364 g/mol. The highest BCUT2D eigenvalue weighted by Gasteiger charge is 2.29. The first-order chi connectivity index (χ1) is 14.3. The summed E-state index contributed by atoms with van der Waals surface area (Å²) in [7, 11) is 0. The molecule has 1 aliphatic heterocycles. The molecule has 146 valence electrons. The maximum Gasteiger partial charge on any atom is 0.272 e. The number of likely N-dealkylation sites (tertiary alicyclic amines) is 1. The minimum atomic E-state index is -0.0136. The third kappa shape index (κ3) is 3.55. The lowest BCUT2D eigenvalue weighted by atomic mass is 10.2. The van der Waals surface area contributed by atoms with Crippen molar-refractivity contribution in [1.29, 1.82) is 0 Å². The van der Waals surface area contributed by atoms with Crippen molar-refractivity contribution < 1.29 is 4.79 Å². The lowest BCUT2D eigenvalue weighted by Crippen LogP contribution is -2.32. The molecule has 1 aliphatic carbocycles. The molecular formula is C22H22N6O. The topological polar surface area (TPSA) is 83.9 Å². The standard InChI is InChI=1S/C22H22N6O/c29-22(19-5-1-2-10-24-19)28-13-9-16(14-28)25-21-17-4-3-6-18(17)26-20(27-21)15-7-11-23-12-8-15/h1-2,5,7-8,10-12,16H,3-4,6,9,13-14H2,(H,25,26,27). The van der Waals surface area contributed by atoms with E-state index in [-0.39, 0.29) is 11.9 Å². The van der Waals surface area contributed by atoms with Crippen LogP contribution in [0.3, 0.4) is 0 Å². The van der Waals surface area contributed by atoms with Crippen molar-refractivity contribution in [3.63, 3.8) is 0 Å². The van der Waals surface area contributed by atoms with E-state index in [2.05, 4.69) is 15.3 Å². The Bertz CT molecular complexity index is 1020. The molecule has 3 aromatic heterocycles. The minimum Gasteiger partial charge on any atom is -0.365 e. The summed E-state index contributed by atoms with van der Waals surface area (Å²) < 4.78 is 0. The van der Waals surface area contributed by atoms with E-state index in [1.54, 1.807) is 24.7 Å². The third-order valence-corrected chi connectivity index (χ3v) is 5.57. The van der Waals surface area contributed by atoms with Crippen LogP contribution in [0.25, 0.3) is 11.4 Å². The number of rotatable bonds is 4. The Morgan fingerprint density at radius 1 is 1.07 bits per heavy atom. The highest BCUT2D eigenvalue weighted by molar-refractivity contribution is 5.92. The molecule has 7 nitrogen and oxygen atoms in total. The molecule has 1 saturated heterocycles. The average molecular weight is 386 g/mol. The number of hydrogen-bond donors (Lipinski definition) is 1. The van der Waals surface area contributed by atoms with Gasteiger partial charge in [0.2, 0.25) is 0 Å². The maximum absolute atomic E-state index is 12.7. The van der Waals surface area contributed by atoms with Crippen molar-refractivity contribution in [1.82, 2.24) is 24.8 Å². The van der Waals surface area contributed by atoms with Gasteiger partial charge in [-0.2, -0.15) is 0 Å². The summed E-state index contributed by atoms with van der Waals surface area (Å²) in [6, 6.07) is 9.47. The number of pyridine rings is 2. The summed E-state index contributed by atoms with van der Waals surface area (Å²) in [5, 5.41) is 3.61. The highest BCUT2D eigenvalue weighted by atomic mass is 16.2. The van der Waals surface area contributed by atoms with Crippen LogP contribution in [0, 0.1) is 0 Å². The average Bonchev–Trinajstić information content (AvgIpc) is 3.44. The number of amides is 1. The van der Waals surface area contributed by atoms with Crippen LogP contribution in [-0.4, -0.2) is 49.9 Å². The molecule has 0 spiro atoms. The van der Waals surface area contributed by atoms with Gasteiger partial charge in [-0.25, -0.2) is 9.97 Å². The van der Waals surface area contributed by atoms with E-state index in [0.29, 0.717) is 12.2 Å². The van der Waals surface area contributed by atoms with Gasteiger partial charge in [0.25, 0.3) is 5.91 Å². The highest BCUT2D eigenvalue weighted by Crippen LogP contribution is 2.30. The van der Waals surface area contributed by atoms with Crippen LogP contribution in [0.1, 0.15) is 34.6 Å². The number of aryl methyl sites for hydroxylation is 1. The van der Waals surface area contributed by atoms with Gasteiger partial charge < -0.3 is 10.2 Å². The van der Waals surface area contributed by atoms with Crippen molar-refractivity contribution in [2.45, 2.75) is 31.7 Å². The number of anilines is 1. The van der Waals surface area contributed by atoms with E-state index in [1.807, 2.05) is 29.2 Å². The molecule has 2 aliphatic rings. The zero-order valence-corrected chi connectivity index (χ0v) is 16.1. The normalized spacial score (nSPS) is 17.9. The van der Waals surface area contributed by atoms with Gasteiger partial charge >= 0.3 is 0 Å². The van der Waals surface area contributed by atoms with Crippen molar-refractivity contribution in [3.05, 3.63) is 65.9 Å². The van der Waals surface area contributed by atoms with E-state index < -0.39 is 0 Å². The van der Waals surface area contributed by atoms with Crippen molar-refractivity contribution in [2.75, 3.05) is 18.4 Å². The van der Waals surface area contributed by atoms with Gasteiger partial charge in [-0.1, -0.05) is 6.07 Å². The Morgan fingerprint density at radius 2 is 1.97 bits per heavy atom. The Labute approximate surface area is 169 Å². The SMILES string of the molecule is O=C(c1ccccn1)N1CCC(Nc2nc(-c3ccncc3)nc3c2CCC3)C1. The third-order valence-electron chi connectivity index (χ3n) is 5.57. The Morgan fingerprint density at radius 3 is 2.79 bits per heavy atom. The fraction of sp³-hybridized carbons (Fsp3) is 0.318. The van der Waals surface area contributed by atoms with E-state index in [0.717, 1.165) is 55.1 Å². The zero-order valence-electron chi connectivity index (χ0n) is 16.1. The summed E-state index contributed by atoms with van der Waals surface area (Å²) in [6.07, 6.45) is 9.16. The molecule has 1 atom stereocenters. The largest absolute Gasteiger partial charge is 0.365 e. The Kier molecular flexibility index (Phi) is 4.63. The first-order valence-corrected chi connectivity index (χ1v) is 10.0. The van der Waals surface area contributed by atoms with Crippen LogP contribution in [0.5, 0.6) is 0 Å². The van der Waals surface area contributed by atoms with Gasteiger partial charge in [-0.15, -0.1) is 0 Å². The van der Waals surface area contributed by atoms with Gasteiger partial charge in [-0.3, -0.25) is 14.8 Å². The lowest BCUT2D eigenvalue weighted by molar-refractivity contribution is 0.0786. The number of nitrogens with one attached hydrogen (secondary N) is 1. The predicted molar refractivity (Wildman–Crippen MR) is 109 cm³/mol. The Balaban J connectivity index is 1.36. The molecule has 0 radical (unpaired) electrons. The molecule has 5 rings (SSSR count). The quantitative estimate of drug-likeness (QED) is 0.742. The van der Waals surface area contributed by atoms with Crippen LogP contribution in [0.15, 0.2) is 48.9 Å². The van der Waals surface area contributed by atoms with Crippen molar-refractivity contribution in [3.8, 4) is 11.4 Å². The second-order valence-corrected chi connectivity index (χ2v) is 7.51. The molecule has 4 heterocycles. The first kappa shape index (κ1) is 17.7. The maximum atomic E-state index is 12.7. The molecule has 1 N–H and O–H groups in total. The van der Waals surface area contributed by atoms with Crippen molar-refractivity contribution >= 4 is 11.7 Å². The van der Waals surface area contributed by atoms with Crippen LogP contribution < -0.4 is 5.32 Å². The molecule has 3 aromatic rings. The van der Waals surface area contributed by atoms with Gasteiger partial charge in [0.1, 0.15) is 11.5 Å². The summed E-state index contributed by atoms with van der Waals surface area (Å²) in [5.41, 5.74) is 3.82. The number of carbonyl (C=O) groups excluding carboxylic acids is 1. The minimum absolute atomic E-state index is 0.0136. The second kappa shape index (κ2) is 7.58. The lowest BCUT2D eigenvalue weighted by Gasteiger charge is -2.19. The molecule has 1 unspecified atom stereocenters. The van der Waals surface area contributed by atoms with Crippen LogP contribution in [0.2, 0.25) is 0 Å². The van der Waals surface area contributed by atoms with Crippen LogP contribution >= 0.6 is 0 Å². The first-order valence-electron chi connectivity index (χ1n) is 10.0. The molecule has 0 saturated carbocycles. The van der Waals surface area contributed by atoms with E-state index >= 15 is 0 Å². The monoisotopic (exact) mass is 386 g/mol. The fourth-order valence-corrected chi connectivity index (χ4v) is 4.09. The fourth-order valence-electron chi connectivity index (χ4n) is 4.09. The molecule has 1 amide bonds. The van der Waals surface area contributed by atoms with E-state index in [9.17, 15) is 4.79 Å². The molecule has 1 fully saturated rings. The summed E-state index contributed by atoms with van der Waals surface area (Å²) in [6.45, 7) is 1.37. The van der Waals surface area contributed by atoms with E-state index in [1.165, 1.54) is 5.56 Å². The number of hydrogen-bond acceptors (Lipinski definition) is 6. The number of carbonyl (C=O) groups is 1. The number of nitrogens with zero attached hydrogens (tertiary/aromatic N) is 5. The van der Waals surface area contributed by atoms with Crippen LogP contribution in [0.4, 0.5) is 5.82 Å². The molecule has 29 heavy (non-hydrogen) atoms. The molecule has 0 aromatic carbocycles. The van der Waals surface area contributed by atoms with Crippen molar-refractivity contribution in [2.24, 2.45) is 0 Å². The molecule has 0 bridgehead atoms. The van der Waals surface area contributed by atoms with Crippen LogP contribution in [-0.2, 0) is 12.8 Å². The van der Waals surface area contributed by atoms with Gasteiger partial charge in [0.05, 0.1) is 0 Å². The predicted octanol–water partition coefficient (Wildman–Crippen LogP) is 2.75. The smallest absolute Gasteiger partial charge is 0.272 e. The van der Waals surface area contributed by atoms with Gasteiger partial charge in [0.15, 0.2) is 5.82 Å². The molecule has 7 heteroatoms. The summed E-state index contributed by atoms with van der Waals surface area (Å²) in [4.78, 5) is 32.4. The van der Waals surface area contributed by atoms with E-state index in [4.69, 9.17) is 9.97 Å². The second-order valence-electron chi connectivity index (χ2n) is 7.51. The van der Waals surface area contributed by atoms with Gasteiger partial charge in [-0.05, 0) is 49.9 Å².